The van der Waals surface area contributed by atoms with Gasteiger partial charge in [0.1, 0.15) is 12.4 Å². The topological polar surface area (TPSA) is 71.8 Å². The van der Waals surface area contributed by atoms with Crippen LogP contribution in [0.2, 0.25) is 15.1 Å². The fraction of sp³-hybridized carbons (Fsp3) is 0.105. The molecule has 0 fully saturated rings. The molecule has 2 N–H and O–H groups in total. The van der Waals surface area contributed by atoms with Crippen LogP contribution in [0.4, 0.5) is 11.6 Å². The van der Waals surface area contributed by atoms with Gasteiger partial charge in [0.15, 0.2) is 0 Å². The number of halogens is 3. The van der Waals surface area contributed by atoms with Gasteiger partial charge in [-0.1, -0.05) is 40.9 Å². The molecule has 0 saturated carbocycles. The van der Waals surface area contributed by atoms with E-state index in [1.807, 2.05) is 6.92 Å². The Labute approximate surface area is 176 Å². The van der Waals surface area contributed by atoms with Crippen molar-refractivity contribution in [3.63, 3.8) is 0 Å². The summed E-state index contributed by atoms with van der Waals surface area (Å²) in [5.74, 6) is 0.237. The van der Waals surface area contributed by atoms with E-state index in [2.05, 4.69) is 20.7 Å². The maximum Gasteiger partial charge on any atom is 0.255 e. The van der Waals surface area contributed by atoms with Crippen molar-refractivity contribution in [3.05, 3.63) is 80.7 Å². The molecule has 2 heterocycles. The Balaban J connectivity index is 1.78. The van der Waals surface area contributed by atoms with Gasteiger partial charge in [-0.3, -0.25) is 4.79 Å². The van der Waals surface area contributed by atoms with E-state index < -0.39 is 6.04 Å². The third kappa shape index (κ3) is 3.46. The molecule has 0 aliphatic carbocycles. The van der Waals surface area contributed by atoms with E-state index in [-0.39, 0.29) is 5.91 Å². The van der Waals surface area contributed by atoms with Crippen LogP contribution in [0.25, 0.3) is 0 Å². The van der Waals surface area contributed by atoms with Gasteiger partial charge in [0, 0.05) is 32.0 Å². The maximum absolute atomic E-state index is 13.2. The second-order valence-electron chi connectivity index (χ2n) is 6.22. The quantitative estimate of drug-likeness (QED) is 0.597. The molecular weight excluding hydrogens is 421 g/mol. The smallest absolute Gasteiger partial charge is 0.255 e. The fourth-order valence-electron chi connectivity index (χ4n) is 3.13. The van der Waals surface area contributed by atoms with Crippen LogP contribution in [0.5, 0.6) is 0 Å². The van der Waals surface area contributed by atoms with Crippen LogP contribution in [0.1, 0.15) is 18.5 Å². The number of nitrogens with zero attached hydrogens (tertiary/aromatic N) is 3. The summed E-state index contributed by atoms with van der Waals surface area (Å²) in [6, 6.07) is 11.5. The lowest BCUT2D eigenvalue weighted by Gasteiger charge is -2.29. The lowest BCUT2D eigenvalue weighted by Crippen LogP contribution is -2.31. The van der Waals surface area contributed by atoms with Crippen molar-refractivity contribution in [2.75, 3.05) is 10.6 Å². The summed E-state index contributed by atoms with van der Waals surface area (Å²) < 4.78 is 1.62. The number of benzene rings is 2. The molecule has 2 aromatic carbocycles. The third-order valence-electron chi connectivity index (χ3n) is 4.40. The normalized spacial score (nSPS) is 15.8. The highest BCUT2D eigenvalue weighted by Crippen LogP contribution is 2.38. The fourth-order valence-corrected chi connectivity index (χ4v) is 3.77. The van der Waals surface area contributed by atoms with Gasteiger partial charge in [-0.25, -0.2) is 4.68 Å². The van der Waals surface area contributed by atoms with Crippen molar-refractivity contribution in [1.82, 2.24) is 14.8 Å². The second-order valence-corrected chi connectivity index (χ2v) is 7.50. The zero-order chi connectivity index (χ0) is 19.8. The highest BCUT2D eigenvalue weighted by molar-refractivity contribution is 6.35. The minimum Gasteiger partial charge on any atom is -0.328 e. The van der Waals surface area contributed by atoms with E-state index >= 15 is 0 Å². The van der Waals surface area contributed by atoms with Crippen molar-refractivity contribution >= 4 is 52.3 Å². The number of hydrogen-bond acceptors (Lipinski definition) is 4. The van der Waals surface area contributed by atoms with E-state index in [9.17, 15) is 4.79 Å². The van der Waals surface area contributed by atoms with E-state index in [0.29, 0.717) is 43.5 Å². The largest absolute Gasteiger partial charge is 0.328 e. The van der Waals surface area contributed by atoms with Crippen LogP contribution in [0.15, 0.2) is 60.1 Å². The summed E-state index contributed by atoms with van der Waals surface area (Å²) in [7, 11) is 0. The second kappa shape index (κ2) is 7.47. The number of amides is 1. The molecule has 1 atom stereocenters. The van der Waals surface area contributed by atoms with Crippen LogP contribution in [0, 0.1) is 0 Å². The molecule has 9 heteroatoms. The zero-order valence-electron chi connectivity index (χ0n) is 14.6. The highest BCUT2D eigenvalue weighted by atomic mass is 35.5. The molecule has 0 spiro atoms. The van der Waals surface area contributed by atoms with Gasteiger partial charge in [0.2, 0.25) is 5.95 Å². The van der Waals surface area contributed by atoms with E-state index in [1.165, 1.54) is 6.33 Å². The summed E-state index contributed by atoms with van der Waals surface area (Å²) in [5, 5.41) is 11.8. The van der Waals surface area contributed by atoms with Gasteiger partial charge < -0.3 is 10.6 Å². The van der Waals surface area contributed by atoms with Crippen molar-refractivity contribution < 1.29 is 4.79 Å². The van der Waals surface area contributed by atoms with Crippen molar-refractivity contribution in [2.24, 2.45) is 0 Å². The molecule has 1 aliphatic heterocycles. The average Bonchev–Trinajstić information content (AvgIpc) is 3.11. The summed E-state index contributed by atoms with van der Waals surface area (Å²) in [5.41, 5.74) is 2.44. The molecule has 0 radical (unpaired) electrons. The maximum atomic E-state index is 13.2. The lowest BCUT2D eigenvalue weighted by atomic mass is 9.95. The van der Waals surface area contributed by atoms with Crippen LogP contribution < -0.4 is 10.6 Å². The van der Waals surface area contributed by atoms with Gasteiger partial charge in [0.05, 0.1) is 5.57 Å². The summed E-state index contributed by atoms with van der Waals surface area (Å²) in [6.07, 6.45) is 1.42. The number of anilines is 2. The van der Waals surface area contributed by atoms with E-state index in [4.69, 9.17) is 34.8 Å². The molecule has 0 saturated heterocycles. The van der Waals surface area contributed by atoms with E-state index in [0.717, 1.165) is 0 Å². The number of carbonyl (C=O) groups excluding carboxylic acids is 1. The third-order valence-corrected chi connectivity index (χ3v) is 5.21. The number of carbonyl (C=O) groups is 1. The zero-order valence-corrected chi connectivity index (χ0v) is 16.8. The highest BCUT2D eigenvalue weighted by Gasteiger charge is 2.34. The summed E-state index contributed by atoms with van der Waals surface area (Å²) in [6.45, 7) is 1.81. The minimum absolute atomic E-state index is 0.288. The molecule has 1 aliphatic rings. The number of hydrogen-bond donors (Lipinski definition) is 2. The Bertz CT molecular complexity index is 1090. The standard InChI is InChI=1S/C19H14Cl3N5O/c1-10-16(18(28)26-13-5-2-11(20)3-6-13)17(27-19(25-10)23-9-24-27)14-7-4-12(21)8-15(14)22/h2-9,17H,1H3,(H,26,28)(H,23,24,25)/t17-/m0/s1. The van der Waals surface area contributed by atoms with Crippen LogP contribution in [-0.4, -0.2) is 20.7 Å². The molecule has 142 valence electrons. The molecule has 3 aromatic rings. The Hall–Kier alpha value is -2.54. The van der Waals surface area contributed by atoms with Gasteiger partial charge in [-0.05, 0) is 43.3 Å². The summed E-state index contributed by atoms with van der Waals surface area (Å²) in [4.78, 5) is 17.4. The molecule has 1 amide bonds. The number of nitrogens with one attached hydrogen (secondary N) is 2. The molecule has 28 heavy (non-hydrogen) atoms. The number of aromatic nitrogens is 3. The molecule has 1 aromatic heterocycles. The molecule has 6 nitrogen and oxygen atoms in total. The average molecular weight is 435 g/mol. The minimum atomic E-state index is -0.559. The molecule has 4 rings (SSSR count). The first-order chi connectivity index (χ1) is 13.4. The van der Waals surface area contributed by atoms with Crippen LogP contribution >= 0.6 is 34.8 Å². The SMILES string of the molecule is CC1=C(C(=O)Nc2ccc(Cl)cc2)[C@H](c2ccc(Cl)cc2Cl)n2ncnc2N1. The van der Waals surface area contributed by atoms with Crippen LogP contribution in [-0.2, 0) is 4.79 Å². The Kier molecular flexibility index (Phi) is 5.02. The first kappa shape index (κ1) is 18.8. The number of rotatable bonds is 3. The monoisotopic (exact) mass is 433 g/mol. The Morgan fingerprint density at radius 2 is 1.82 bits per heavy atom. The first-order valence-electron chi connectivity index (χ1n) is 8.33. The Morgan fingerprint density at radius 3 is 2.54 bits per heavy atom. The van der Waals surface area contributed by atoms with Crippen molar-refractivity contribution in [2.45, 2.75) is 13.0 Å². The molecular formula is C19H14Cl3N5O. The van der Waals surface area contributed by atoms with E-state index in [1.54, 1.807) is 47.1 Å². The number of fused-ring (bicyclic) bond motifs is 1. The van der Waals surface area contributed by atoms with Crippen molar-refractivity contribution in [1.29, 1.82) is 0 Å². The van der Waals surface area contributed by atoms with Crippen LogP contribution in [0.3, 0.4) is 0 Å². The predicted molar refractivity (Wildman–Crippen MR) is 111 cm³/mol. The van der Waals surface area contributed by atoms with Gasteiger partial charge in [-0.15, -0.1) is 0 Å². The molecule has 0 bridgehead atoms. The molecule has 0 unspecified atom stereocenters. The summed E-state index contributed by atoms with van der Waals surface area (Å²) >= 11 is 18.4. The van der Waals surface area contributed by atoms with Gasteiger partial charge in [-0.2, -0.15) is 10.1 Å². The van der Waals surface area contributed by atoms with Crippen molar-refractivity contribution in [3.8, 4) is 0 Å². The van der Waals surface area contributed by atoms with Gasteiger partial charge >= 0.3 is 0 Å². The number of allylic oxidation sites excluding steroid dienone is 1. The first-order valence-corrected chi connectivity index (χ1v) is 9.46. The van der Waals surface area contributed by atoms with Gasteiger partial charge in [0.25, 0.3) is 5.91 Å². The Morgan fingerprint density at radius 1 is 1.11 bits per heavy atom. The lowest BCUT2D eigenvalue weighted by molar-refractivity contribution is -0.113. The predicted octanol–water partition coefficient (Wildman–Crippen LogP) is 5.17.